The summed E-state index contributed by atoms with van der Waals surface area (Å²) in [5.74, 6) is -0.404. The van der Waals surface area contributed by atoms with Gasteiger partial charge in [-0.3, -0.25) is 4.79 Å². The highest BCUT2D eigenvalue weighted by atomic mass is 79.9. The Balaban J connectivity index is 2.15. The average Bonchev–Trinajstić information content (AvgIpc) is 2.90. The lowest BCUT2D eigenvalue weighted by molar-refractivity contribution is -0.118. The second kappa shape index (κ2) is 6.73. The maximum atomic E-state index is 11.3. The van der Waals surface area contributed by atoms with Crippen LogP contribution in [-0.2, 0) is 11.3 Å². The van der Waals surface area contributed by atoms with Crippen molar-refractivity contribution in [3.05, 3.63) is 70.3 Å². The Labute approximate surface area is 147 Å². The molecule has 0 aliphatic rings. The molecule has 0 unspecified atom stereocenters. The second-order valence-corrected chi connectivity index (χ2v) is 6.29. The normalized spacial score (nSPS) is 11.4. The molecule has 24 heavy (non-hydrogen) atoms. The number of hydrogen-bond donors (Lipinski definition) is 1. The Morgan fingerprint density at radius 3 is 2.75 bits per heavy atom. The summed E-state index contributed by atoms with van der Waals surface area (Å²) in [7, 11) is 0. The summed E-state index contributed by atoms with van der Waals surface area (Å²) in [4.78, 5) is 11.3. The largest absolute Gasteiger partial charge is 0.368 e. The SMILES string of the molecule is N#C/C(=C/c1cn(CC(N)=O)c2ccccc12)c1cccc(Br)c1. The van der Waals surface area contributed by atoms with Crippen LogP contribution in [0.3, 0.4) is 0 Å². The molecule has 0 aliphatic heterocycles. The van der Waals surface area contributed by atoms with E-state index in [1.165, 1.54) is 0 Å². The molecule has 3 aromatic rings. The standard InChI is InChI=1S/C19H14BrN3O/c20-16-5-3-4-13(9-16)14(10-21)8-15-11-23(12-19(22)24)18-7-2-1-6-17(15)18/h1-9,11H,12H2,(H2,22,24)/b14-8-. The number of fused-ring (bicyclic) bond motifs is 1. The number of nitrogens with zero attached hydrogens (tertiary/aromatic N) is 2. The minimum atomic E-state index is -0.404. The van der Waals surface area contributed by atoms with Crippen LogP contribution in [0.2, 0.25) is 0 Å². The Bertz CT molecular complexity index is 995. The van der Waals surface area contributed by atoms with Gasteiger partial charge >= 0.3 is 0 Å². The third-order valence-corrected chi connectivity index (χ3v) is 4.19. The molecule has 1 amide bonds. The first kappa shape index (κ1) is 16.0. The van der Waals surface area contributed by atoms with E-state index in [0.29, 0.717) is 5.57 Å². The first-order chi connectivity index (χ1) is 11.6. The van der Waals surface area contributed by atoms with Gasteiger partial charge in [-0.25, -0.2) is 0 Å². The molecule has 5 heteroatoms. The number of halogens is 1. The molecule has 2 N–H and O–H groups in total. The number of para-hydroxylation sites is 1. The van der Waals surface area contributed by atoms with E-state index >= 15 is 0 Å². The van der Waals surface area contributed by atoms with E-state index < -0.39 is 5.91 Å². The van der Waals surface area contributed by atoms with Gasteiger partial charge in [0.1, 0.15) is 6.54 Å². The van der Waals surface area contributed by atoms with E-state index in [-0.39, 0.29) is 6.54 Å². The number of hydrogen-bond acceptors (Lipinski definition) is 2. The number of nitrogens with two attached hydrogens (primary N) is 1. The molecule has 0 aliphatic carbocycles. The summed E-state index contributed by atoms with van der Waals surface area (Å²) >= 11 is 3.42. The molecular formula is C19H14BrN3O. The molecule has 0 saturated carbocycles. The number of rotatable bonds is 4. The van der Waals surface area contributed by atoms with Crippen LogP contribution in [-0.4, -0.2) is 10.5 Å². The number of amides is 1. The second-order valence-electron chi connectivity index (χ2n) is 5.38. The van der Waals surface area contributed by atoms with Crippen molar-refractivity contribution in [2.75, 3.05) is 0 Å². The van der Waals surface area contributed by atoms with Gasteiger partial charge in [-0.1, -0.05) is 46.3 Å². The third-order valence-electron chi connectivity index (χ3n) is 3.70. The fraction of sp³-hybridized carbons (Fsp3) is 0.0526. The van der Waals surface area contributed by atoms with Gasteiger partial charge in [0.2, 0.25) is 5.91 Å². The van der Waals surface area contributed by atoms with E-state index in [0.717, 1.165) is 26.5 Å². The molecule has 1 heterocycles. The van der Waals surface area contributed by atoms with Gasteiger partial charge in [0.15, 0.2) is 0 Å². The maximum Gasteiger partial charge on any atom is 0.237 e. The minimum Gasteiger partial charge on any atom is -0.368 e. The quantitative estimate of drug-likeness (QED) is 0.696. The molecule has 2 aromatic carbocycles. The minimum absolute atomic E-state index is 0.104. The fourth-order valence-corrected chi connectivity index (χ4v) is 3.08. The van der Waals surface area contributed by atoms with Gasteiger partial charge in [-0.15, -0.1) is 0 Å². The smallest absolute Gasteiger partial charge is 0.237 e. The highest BCUT2D eigenvalue weighted by Crippen LogP contribution is 2.27. The van der Waals surface area contributed by atoms with E-state index in [9.17, 15) is 10.1 Å². The van der Waals surface area contributed by atoms with Crippen LogP contribution < -0.4 is 5.73 Å². The Morgan fingerprint density at radius 1 is 1.25 bits per heavy atom. The van der Waals surface area contributed by atoms with Crippen LogP contribution in [0.1, 0.15) is 11.1 Å². The summed E-state index contributed by atoms with van der Waals surface area (Å²) in [5.41, 5.74) is 8.50. The molecule has 118 valence electrons. The molecule has 4 nitrogen and oxygen atoms in total. The van der Waals surface area contributed by atoms with Crippen molar-refractivity contribution < 1.29 is 4.79 Å². The molecule has 0 atom stereocenters. The van der Waals surface area contributed by atoms with Crippen molar-refractivity contribution in [3.8, 4) is 6.07 Å². The maximum absolute atomic E-state index is 11.3. The summed E-state index contributed by atoms with van der Waals surface area (Å²) in [6.45, 7) is 0.104. The topological polar surface area (TPSA) is 71.8 Å². The van der Waals surface area contributed by atoms with Crippen molar-refractivity contribution in [3.63, 3.8) is 0 Å². The number of primary amides is 1. The highest BCUT2D eigenvalue weighted by Gasteiger charge is 2.10. The van der Waals surface area contributed by atoms with Crippen molar-refractivity contribution in [1.29, 1.82) is 5.26 Å². The zero-order valence-corrected chi connectivity index (χ0v) is 14.3. The van der Waals surface area contributed by atoms with Crippen LogP contribution in [0.5, 0.6) is 0 Å². The lowest BCUT2D eigenvalue weighted by Crippen LogP contribution is -2.17. The first-order valence-corrected chi connectivity index (χ1v) is 8.11. The highest BCUT2D eigenvalue weighted by molar-refractivity contribution is 9.10. The van der Waals surface area contributed by atoms with E-state index in [4.69, 9.17) is 5.73 Å². The van der Waals surface area contributed by atoms with Gasteiger partial charge < -0.3 is 10.3 Å². The predicted molar refractivity (Wildman–Crippen MR) is 98.8 cm³/mol. The third kappa shape index (κ3) is 3.24. The van der Waals surface area contributed by atoms with Crippen molar-refractivity contribution in [1.82, 2.24) is 4.57 Å². The van der Waals surface area contributed by atoms with Gasteiger partial charge in [0, 0.05) is 27.1 Å². The van der Waals surface area contributed by atoms with Crippen LogP contribution in [0.15, 0.2) is 59.2 Å². The van der Waals surface area contributed by atoms with E-state index in [1.807, 2.05) is 60.8 Å². The summed E-state index contributed by atoms with van der Waals surface area (Å²) < 4.78 is 2.72. The van der Waals surface area contributed by atoms with Crippen molar-refractivity contribution in [2.45, 2.75) is 6.54 Å². The van der Waals surface area contributed by atoms with E-state index in [2.05, 4.69) is 22.0 Å². The Morgan fingerprint density at radius 2 is 2.04 bits per heavy atom. The molecule has 0 fully saturated rings. The summed E-state index contributed by atoms with van der Waals surface area (Å²) in [5, 5.41) is 10.5. The molecule has 0 spiro atoms. The molecule has 3 rings (SSSR count). The van der Waals surface area contributed by atoms with Crippen LogP contribution >= 0.6 is 15.9 Å². The zero-order valence-electron chi connectivity index (χ0n) is 12.7. The zero-order chi connectivity index (χ0) is 17.1. The Kier molecular flexibility index (Phi) is 4.50. The molecule has 0 bridgehead atoms. The van der Waals surface area contributed by atoms with Gasteiger partial charge in [0.25, 0.3) is 0 Å². The average molecular weight is 380 g/mol. The number of benzene rings is 2. The summed E-state index contributed by atoms with van der Waals surface area (Å²) in [6, 6.07) is 17.6. The van der Waals surface area contributed by atoms with Crippen LogP contribution in [0.25, 0.3) is 22.6 Å². The molecular weight excluding hydrogens is 366 g/mol. The molecule has 0 radical (unpaired) electrons. The van der Waals surface area contributed by atoms with Gasteiger partial charge in [-0.2, -0.15) is 5.26 Å². The number of allylic oxidation sites excluding steroid dienone is 1. The lowest BCUT2D eigenvalue weighted by atomic mass is 10.0. The van der Waals surface area contributed by atoms with Crippen molar-refractivity contribution in [2.24, 2.45) is 5.73 Å². The van der Waals surface area contributed by atoms with Crippen LogP contribution in [0, 0.1) is 11.3 Å². The van der Waals surface area contributed by atoms with Crippen LogP contribution in [0.4, 0.5) is 0 Å². The first-order valence-electron chi connectivity index (χ1n) is 7.32. The number of aromatic nitrogens is 1. The van der Waals surface area contributed by atoms with Gasteiger partial charge in [0.05, 0.1) is 11.6 Å². The summed E-state index contributed by atoms with van der Waals surface area (Å²) in [6.07, 6.45) is 3.69. The lowest BCUT2D eigenvalue weighted by Gasteiger charge is -2.00. The van der Waals surface area contributed by atoms with E-state index in [1.54, 1.807) is 4.57 Å². The number of carbonyl (C=O) groups excluding carboxylic acids is 1. The number of nitriles is 1. The number of carbonyl (C=O) groups is 1. The predicted octanol–water partition coefficient (Wildman–Crippen LogP) is 3.95. The van der Waals surface area contributed by atoms with Crippen molar-refractivity contribution >= 4 is 44.4 Å². The molecule has 0 saturated heterocycles. The Hall–Kier alpha value is -2.84. The fourth-order valence-electron chi connectivity index (χ4n) is 2.68. The monoisotopic (exact) mass is 379 g/mol. The molecule has 1 aromatic heterocycles. The van der Waals surface area contributed by atoms with Gasteiger partial charge in [-0.05, 0) is 29.8 Å².